The van der Waals surface area contributed by atoms with Gasteiger partial charge in [-0.15, -0.1) is 0 Å². The summed E-state index contributed by atoms with van der Waals surface area (Å²) >= 11 is 6.46. The molecule has 0 spiro atoms. The third kappa shape index (κ3) is 7.34. The average molecular weight is 507 g/mol. The maximum Gasteiger partial charge on any atom is 0.261 e. The van der Waals surface area contributed by atoms with Gasteiger partial charge in [-0.1, -0.05) is 66.2 Å². The third-order valence-electron chi connectivity index (χ3n) is 6.12. The van der Waals surface area contributed by atoms with Crippen LogP contribution in [0.5, 0.6) is 5.75 Å². The molecule has 3 aromatic carbocycles. The Bertz CT molecular complexity index is 1190. The van der Waals surface area contributed by atoms with E-state index in [4.69, 9.17) is 16.3 Å². The van der Waals surface area contributed by atoms with Crippen LogP contribution in [-0.4, -0.2) is 35.4 Å². The summed E-state index contributed by atoms with van der Waals surface area (Å²) in [5.41, 5.74) is 4.88. The number of nitrogens with zero attached hydrogens (tertiary/aromatic N) is 1. The number of carbonyl (C=O) groups excluding carboxylic acids is 2. The van der Waals surface area contributed by atoms with Crippen LogP contribution in [-0.2, 0) is 22.6 Å². The van der Waals surface area contributed by atoms with Crippen LogP contribution in [0.25, 0.3) is 0 Å². The molecule has 190 valence electrons. The van der Waals surface area contributed by atoms with Crippen molar-refractivity contribution in [1.82, 2.24) is 10.2 Å². The molecular formula is C30H35ClN2O3. The number of ether oxygens (including phenoxy) is 1. The highest BCUT2D eigenvalue weighted by molar-refractivity contribution is 6.31. The normalized spacial score (nSPS) is 11.8. The molecule has 0 saturated carbocycles. The molecule has 2 amide bonds. The van der Waals surface area contributed by atoms with E-state index in [9.17, 15) is 9.59 Å². The van der Waals surface area contributed by atoms with Gasteiger partial charge >= 0.3 is 0 Å². The molecule has 0 heterocycles. The van der Waals surface area contributed by atoms with Crippen molar-refractivity contribution in [1.29, 1.82) is 0 Å². The molecule has 0 saturated heterocycles. The lowest BCUT2D eigenvalue weighted by molar-refractivity contribution is -0.143. The second-order valence-electron chi connectivity index (χ2n) is 9.48. The second-order valence-corrected chi connectivity index (χ2v) is 9.88. The van der Waals surface area contributed by atoms with Crippen molar-refractivity contribution < 1.29 is 14.3 Å². The lowest BCUT2D eigenvalue weighted by atomic mass is 10.0. The van der Waals surface area contributed by atoms with Gasteiger partial charge in [-0.2, -0.15) is 0 Å². The van der Waals surface area contributed by atoms with E-state index >= 15 is 0 Å². The van der Waals surface area contributed by atoms with Gasteiger partial charge < -0.3 is 15.0 Å². The van der Waals surface area contributed by atoms with Gasteiger partial charge in [0.15, 0.2) is 6.61 Å². The molecule has 0 fully saturated rings. The number of hydrogen-bond donors (Lipinski definition) is 1. The Morgan fingerprint density at radius 3 is 2.31 bits per heavy atom. The molecule has 6 heteroatoms. The lowest BCUT2D eigenvalue weighted by Crippen LogP contribution is -2.52. The fraction of sp³-hybridized carbons (Fsp3) is 0.333. The molecule has 36 heavy (non-hydrogen) atoms. The van der Waals surface area contributed by atoms with Crippen molar-refractivity contribution in [2.45, 2.75) is 59.7 Å². The van der Waals surface area contributed by atoms with E-state index in [2.05, 4.69) is 11.4 Å². The molecule has 0 aliphatic rings. The summed E-state index contributed by atoms with van der Waals surface area (Å²) in [5.74, 6) is 0.176. The van der Waals surface area contributed by atoms with Crippen molar-refractivity contribution in [3.8, 4) is 5.75 Å². The lowest BCUT2D eigenvalue weighted by Gasteiger charge is -2.32. The van der Waals surface area contributed by atoms with Crippen LogP contribution in [0.1, 0.15) is 41.7 Å². The minimum Gasteiger partial charge on any atom is -0.483 e. The van der Waals surface area contributed by atoms with Gasteiger partial charge in [0.25, 0.3) is 5.91 Å². The Labute approximate surface area is 219 Å². The quantitative estimate of drug-likeness (QED) is 0.377. The summed E-state index contributed by atoms with van der Waals surface area (Å²) in [7, 11) is 0. The standard InChI is InChI=1S/C30H35ClN2O3/c1-20(2)32-30(35)27(17-24-11-7-6-8-12-24)33(18-25-13-9-10-14-26(25)31)29(34)19-36-28-16-21(3)15-22(4)23(28)5/h6-16,20,27H,17-19H2,1-5H3,(H,32,35)/t27-/m0/s1. The van der Waals surface area contributed by atoms with Gasteiger partial charge in [-0.3, -0.25) is 9.59 Å². The molecule has 3 rings (SSSR count). The molecule has 0 radical (unpaired) electrons. The molecule has 0 aromatic heterocycles. The first-order valence-corrected chi connectivity index (χ1v) is 12.6. The zero-order chi connectivity index (χ0) is 26.2. The van der Waals surface area contributed by atoms with Gasteiger partial charge in [0, 0.05) is 24.0 Å². The van der Waals surface area contributed by atoms with Crippen LogP contribution in [0.4, 0.5) is 0 Å². The van der Waals surface area contributed by atoms with Crippen LogP contribution < -0.4 is 10.1 Å². The smallest absolute Gasteiger partial charge is 0.261 e. The summed E-state index contributed by atoms with van der Waals surface area (Å²) in [6.45, 7) is 9.81. The van der Waals surface area contributed by atoms with E-state index in [-0.39, 0.29) is 31.0 Å². The number of benzene rings is 3. The Morgan fingerprint density at radius 1 is 0.972 bits per heavy atom. The largest absolute Gasteiger partial charge is 0.483 e. The monoisotopic (exact) mass is 506 g/mol. The SMILES string of the molecule is Cc1cc(C)c(C)c(OCC(=O)N(Cc2ccccc2Cl)[C@@H](Cc2ccccc2)C(=O)NC(C)C)c1. The van der Waals surface area contributed by atoms with Crippen LogP contribution in [0.2, 0.25) is 5.02 Å². The first-order valence-electron chi connectivity index (χ1n) is 12.2. The summed E-state index contributed by atoms with van der Waals surface area (Å²) in [6.07, 6.45) is 0.373. The van der Waals surface area contributed by atoms with Gasteiger partial charge in [-0.05, 0) is 74.6 Å². The van der Waals surface area contributed by atoms with E-state index in [0.717, 1.165) is 27.8 Å². The van der Waals surface area contributed by atoms with E-state index in [1.807, 2.05) is 89.2 Å². The van der Waals surface area contributed by atoms with Gasteiger partial charge in [-0.25, -0.2) is 0 Å². The van der Waals surface area contributed by atoms with Crippen LogP contribution in [0.15, 0.2) is 66.7 Å². The Morgan fingerprint density at radius 2 is 1.64 bits per heavy atom. The second kappa shape index (κ2) is 12.6. The summed E-state index contributed by atoms with van der Waals surface area (Å²) < 4.78 is 6.01. The highest BCUT2D eigenvalue weighted by Gasteiger charge is 2.31. The average Bonchev–Trinajstić information content (AvgIpc) is 2.83. The van der Waals surface area contributed by atoms with Crippen LogP contribution in [0.3, 0.4) is 0 Å². The number of nitrogens with one attached hydrogen (secondary N) is 1. The van der Waals surface area contributed by atoms with Gasteiger partial charge in [0.1, 0.15) is 11.8 Å². The Balaban J connectivity index is 1.95. The van der Waals surface area contributed by atoms with Crippen molar-refractivity contribution in [3.05, 3.63) is 99.6 Å². The van der Waals surface area contributed by atoms with E-state index in [1.54, 1.807) is 11.0 Å². The summed E-state index contributed by atoms with van der Waals surface area (Å²) in [6, 6.07) is 20.3. The number of hydrogen-bond acceptors (Lipinski definition) is 3. The van der Waals surface area contributed by atoms with E-state index in [0.29, 0.717) is 17.2 Å². The maximum atomic E-state index is 13.7. The Kier molecular flexibility index (Phi) is 9.54. The van der Waals surface area contributed by atoms with Crippen LogP contribution in [0, 0.1) is 20.8 Å². The molecule has 1 atom stereocenters. The maximum absolute atomic E-state index is 13.7. The minimum absolute atomic E-state index is 0.0674. The molecule has 1 N–H and O–H groups in total. The van der Waals surface area contributed by atoms with E-state index < -0.39 is 6.04 Å². The van der Waals surface area contributed by atoms with Crippen LogP contribution >= 0.6 is 11.6 Å². The number of carbonyl (C=O) groups is 2. The molecule has 0 aliphatic heterocycles. The van der Waals surface area contributed by atoms with Crippen molar-refractivity contribution in [2.75, 3.05) is 6.61 Å². The van der Waals surface area contributed by atoms with Crippen molar-refractivity contribution in [3.63, 3.8) is 0 Å². The fourth-order valence-corrected chi connectivity index (χ4v) is 4.31. The number of aryl methyl sites for hydroxylation is 2. The molecule has 5 nitrogen and oxygen atoms in total. The number of amides is 2. The van der Waals surface area contributed by atoms with Crippen molar-refractivity contribution in [2.24, 2.45) is 0 Å². The zero-order valence-electron chi connectivity index (χ0n) is 21.7. The highest BCUT2D eigenvalue weighted by atomic mass is 35.5. The topological polar surface area (TPSA) is 58.6 Å². The minimum atomic E-state index is -0.734. The zero-order valence-corrected chi connectivity index (χ0v) is 22.4. The molecular weight excluding hydrogens is 472 g/mol. The number of halogens is 1. The number of rotatable bonds is 10. The summed E-state index contributed by atoms with van der Waals surface area (Å²) in [4.78, 5) is 28.7. The first kappa shape index (κ1) is 27.3. The predicted molar refractivity (Wildman–Crippen MR) is 145 cm³/mol. The third-order valence-corrected chi connectivity index (χ3v) is 6.48. The highest BCUT2D eigenvalue weighted by Crippen LogP contribution is 2.24. The van der Waals surface area contributed by atoms with Gasteiger partial charge in [0.05, 0.1) is 0 Å². The predicted octanol–water partition coefficient (Wildman–Crippen LogP) is 5.81. The molecule has 3 aromatic rings. The first-order chi connectivity index (χ1) is 17.2. The van der Waals surface area contributed by atoms with Crippen molar-refractivity contribution >= 4 is 23.4 Å². The summed E-state index contributed by atoms with van der Waals surface area (Å²) in [5, 5.41) is 3.54. The molecule has 0 bridgehead atoms. The molecule has 0 aliphatic carbocycles. The Hall–Kier alpha value is -3.31. The molecule has 0 unspecified atom stereocenters. The van der Waals surface area contributed by atoms with E-state index in [1.165, 1.54) is 0 Å². The van der Waals surface area contributed by atoms with Gasteiger partial charge in [0.2, 0.25) is 5.91 Å². The fourth-order valence-electron chi connectivity index (χ4n) is 4.12.